The molecule has 2 aromatic rings. The number of hydrogen-bond donors (Lipinski definition) is 1. The third kappa shape index (κ3) is 4.50. The number of carbonyl (C=O) groups excluding carboxylic acids is 2. The topological polar surface area (TPSA) is 92.8 Å². The molecule has 11 heteroatoms. The largest absolute Gasteiger partial charge is 0.381 e. The highest BCUT2D eigenvalue weighted by atomic mass is 35.5. The van der Waals surface area contributed by atoms with Crippen molar-refractivity contribution in [1.29, 1.82) is 0 Å². The Bertz CT molecular complexity index is 1360. The molecule has 36 heavy (non-hydrogen) atoms. The Morgan fingerprint density at radius 2 is 1.86 bits per heavy atom. The number of halogens is 3. The van der Waals surface area contributed by atoms with E-state index in [1.807, 2.05) is 0 Å². The van der Waals surface area contributed by atoms with Crippen molar-refractivity contribution < 1.29 is 31.5 Å². The van der Waals surface area contributed by atoms with Crippen molar-refractivity contribution in [3.63, 3.8) is 0 Å². The molecule has 0 spiro atoms. The molecule has 4 atom stereocenters. The van der Waals surface area contributed by atoms with Gasteiger partial charge in [0.15, 0.2) is 9.84 Å². The first-order valence-electron chi connectivity index (χ1n) is 11.6. The fraction of sp³-hybridized carbons (Fsp3) is 0.440. The molecule has 2 amide bonds. The van der Waals surface area contributed by atoms with Crippen molar-refractivity contribution in [1.82, 2.24) is 10.2 Å². The quantitative estimate of drug-likeness (QED) is 0.569. The maximum absolute atomic E-state index is 14.7. The van der Waals surface area contributed by atoms with E-state index in [0.717, 1.165) is 24.8 Å². The lowest BCUT2D eigenvalue weighted by Crippen LogP contribution is -2.51. The Hall–Kier alpha value is -2.56. The van der Waals surface area contributed by atoms with Crippen molar-refractivity contribution in [3.8, 4) is 0 Å². The van der Waals surface area contributed by atoms with Crippen LogP contribution >= 0.6 is 11.6 Å². The van der Waals surface area contributed by atoms with Gasteiger partial charge in [-0.2, -0.15) is 0 Å². The predicted octanol–water partition coefficient (Wildman–Crippen LogP) is 3.44. The summed E-state index contributed by atoms with van der Waals surface area (Å²) in [6, 6.07) is 4.54. The molecular weight excluding hydrogens is 514 g/mol. The number of fused-ring (bicyclic) bond motifs is 1. The van der Waals surface area contributed by atoms with Gasteiger partial charge in [-0.3, -0.25) is 9.59 Å². The SMILES string of the molecule is Cc1ccc(C(=O)N2[C@@H](C(=O)NC(c3cc(F)c(Cl)cc3F)C3COC3)C[C@H]3C[C@H]32)cc1S(C)(=O)=O. The summed E-state index contributed by atoms with van der Waals surface area (Å²) in [5.41, 5.74) is 0.675. The number of likely N-dealkylation sites (tertiary alicyclic amines) is 1. The molecule has 192 valence electrons. The average Bonchev–Trinajstić information content (AvgIpc) is 3.43. The van der Waals surface area contributed by atoms with Gasteiger partial charge >= 0.3 is 0 Å². The highest BCUT2D eigenvalue weighted by Crippen LogP contribution is 2.48. The molecule has 0 radical (unpaired) electrons. The molecular formula is C25H25ClF2N2O5S. The Morgan fingerprint density at radius 1 is 1.14 bits per heavy atom. The lowest BCUT2D eigenvalue weighted by molar-refractivity contribution is -0.128. The molecule has 2 aliphatic heterocycles. The first kappa shape index (κ1) is 25.1. The van der Waals surface area contributed by atoms with Crippen molar-refractivity contribution in [3.05, 3.63) is 63.7 Å². The van der Waals surface area contributed by atoms with Crippen LogP contribution in [-0.2, 0) is 19.4 Å². The number of aryl methyl sites for hydroxylation is 1. The van der Waals surface area contributed by atoms with Crippen LogP contribution in [0.5, 0.6) is 0 Å². The second-order valence-corrected chi connectivity index (χ2v) is 12.2. The summed E-state index contributed by atoms with van der Waals surface area (Å²) in [5, 5.41) is 2.47. The maximum Gasteiger partial charge on any atom is 0.254 e. The molecule has 2 aromatic carbocycles. The van der Waals surface area contributed by atoms with Gasteiger partial charge in [-0.05, 0) is 55.5 Å². The Labute approximate surface area is 212 Å². The van der Waals surface area contributed by atoms with Crippen LogP contribution in [0.25, 0.3) is 0 Å². The van der Waals surface area contributed by atoms with Gasteiger partial charge in [0, 0.05) is 29.3 Å². The molecule has 2 heterocycles. The molecule has 2 saturated heterocycles. The standard InChI is InChI=1S/C25H25ClF2N2O5S/c1-12-3-4-13(7-22(12)36(2,33)34)25(32)30-20-5-14(20)6-21(30)24(31)29-23(15-10-35-11-15)16-8-19(28)17(26)9-18(16)27/h3-4,7-9,14-15,20-21,23H,5-6,10-11H2,1-2H3,(H,29,31)/t14-,20-,21-,23?/m1/s1. The fourth-order valence-electron chi connectivity index (χ4n) is 5.19. The third-order valence-corrected chi connectivity index (χ3v) is 8.81. The van der Waals surface area contributed by atoms with Gasteiger partial charge in [0.25, 0.3) is 5.91 Å². The summed E-state index contributed by atoms with van der Waals surface area (Å²) >= 11 is 5.70. The Morgan fingerprint density at radius 3 is 2.50 bits per heavy atom. The van der Waals surface area contributed by atoms with Crippen molar-refractivity contribution in [2.45, 2.75) is 42.8 Å². The van der Waals surface area contributed by atoms with Crippen molar-refractivity contribution in [2.75, 3.05) is 19.5 Å². The summed E-state index contributed by atoms with van der Waals surface area (Å²) in [7, 11) is -3.55. The Balaban J connectivity index is 1.42. The molecule has 3 fully saturated rings. The van der Waals surface area contributed by atoms with E-state index in [4.69, 9.17) is 16.3 Å². The number of nitrogens with zero attached hydrogens (tertiary/aromatic N) is 1. The molecule has 7 nitrogen and oxygen atoms in total. The fourth-order valence-corrected chi connectivity index (χ4v) is 6.33. The number of nitrogens with one attached hydrogen (secondary N) is 1. The maximum atomic E-state index is 14.7. The van der Waals surface area contributed by atoms with Gasteiger partial charge in [-0.15, -0.1) is 0 Å². The zero-order valence-corrected chi connectivity index (χ0v) is 21.2. The van der Waals surface area contributed by atoms with Gasteiger partial charge < -0.3 is 15.0 Å². The number of carbonyl (C=O) groups is 2. The van der Waals surface area contributed by atoms with Gasteiger partial charge in [0.2, 0.25) is 5.91 Å². The van der Waals surface area contributed by atoms with Gasteiger partial charge in [-0.25, -0.2) is 17.2 Å². The van der Waals surface area contributed by atoms with E-state index in [9.17, 15) is 26.8 Å². The minimum absolute atomic E-state index is 0.0316. The van der Waals surface area contributed by atoms with Crippen LogP contribution in [0.4, 0.5) is 8.78 Å². The lowest BCUT2D eigenvalue weighted by atomic mass is 9.90. The van der Waals surface area contributed by atoms with Gasteiger partial charge in [0.1, 0.15) is 17.7 Å². The number of piperidine rings is 1. The minimum Gasteiger partial charge on any atom is -0.381 e. The number of benzene rings is 2. The highest BCUT2D eigenvalue weighted by molar-refractivity contribution is 7.90. The molecule has 1 aliphatic carbocycles. The lowest BCUT2D eigenvalue weighted by Gasteiger charge is -2.36. The van der Waals surface area contributed by atoms with E-state index in [1.54, 1.807) is 19.1 Å². The number of sulfone groups is 1. The van der Waals surface area contributed by atoms with Crippen LogP contribution < -0.4 is 5.32 Å². The predicted molar refractivity (Wildman–Crippen MR) is 127 cm³/mol. The van der Waals surface area contributed by atoms with Crippen LogP contribution in [0, 0.1) is 30.4 Å². The van der Waals surface area contributed by atoms with E-state index >= 15 is 0 Å². The summed E-state index contributed by atoms with van der Waals surface area (Å²) < 4.78 is 58.4. The van der Waals surface area contributed by atoms with E-state index in [0.29, 0.717) is 12.0 Å². The molecule has 0 aromatic heterocycles. The van der Waals surface area contributed by atoms with E-state index in [2.05, 4.69) is 5.32 Å². The first-order chi connectivity index (χ1) is 17.0. The van der Waals surface area contributed by atoms with Gasteiger partial charge in [-0.1, -0.05) is 17.7 Å². The van der Waals surface area contributed by atoms with Gasteiger partial charge in [0.05, 0.1) is 29.2 Å². The first-order valence-corrected chi connectivity index (χ1v) is 13.9. The van der Waals surface area contributed by atoms with Crippen LogP contribution in [0.3, 0.4) is 0 Å². The number of hydrogen-bond acceptors (Lipinski definition) is 5. The molecule has 1 saturated carbocycles. The highest BCUT2D eigenvalue weighted by Gasteiger charge is 2.56. The number of amides is 2. The summed E-state index contributed by atoms with van der Waals surface area (Å²) in [6.45, 7) is 2.19. The van der Waals surface area contributed by atoms with Crippen molar-refractivity contribution in [2.24, 2.45) is 11.8 Å². The molecule has 5 rings (SSSR count). The van der Waals surface area contributed by atoms with E-state index in [-0.39, 0.29) is 52.1 Å². The third-order valence-electron chi connectivity index (χ3n) is 7.28. The smallest absolute Gasteiger partial charge is 0.254 e. The van der Waals surface area contributed by atoms with Crippen LogP contribution in [-0.4, -0.2) is 56.7 Å². The minimum atomic E-state index is -3.55. The monoisotopic (exact) mass is 538 g/mol. The van der Waals surface area contributed by atoms with E-state index in [1.165, 1.54) is 11.0 Å². The molecule has 3 aliphatic rings. The van der Waals surface area contributed by atoms with E-state index < -0.39 is 45.4 Å². The number of ether oxygens (including phenoxy) is 1. The summed E-state index contributed by atoms with van der Waals surface area (Å²) in [4.78, 5) is 28.5. The van der Waals surface area contributed by atoms with Crippen LogP contribution in [0.1, 0.15) is 40.4 Å². The number of rotatable bonds is 6. The molecule has 0 bridgehead atoms. The zero-order chi connectivity index (χ0) is 25.9. The van der Waals surface area contributed by atoms with Crippen molar-refractivity contribution >= 4 is 33.3 Å². The Kier molecular flexibility index (Phi) is 6.33. The second kappa shape index (κ2) is 9.08. The second-order valence-electron chi connectivity index (χ2n) is 9.85. The van der Waals surface area contributed by atoms with Crippen LogP contribution in [0.2, 0.25) is 5.02 Å². The van der Waals surface area contributed by atoms with Crippen LogP contribution in [0.15, 0.2) is 35.2 Å². The molecule has 1 unspecified atom stereocenters. The normalized spacial score (nSPS) is 24.1. The summed E-state index contributed by atoms with van der Waals surface area (Å²) in [5.74, 6) is -2.55. The zero-order valence-electron chi connectivity index (χ0n) is 19.6. The average molecular weight is 539 g/mol. The summed E-state index contributed by atoms with van der Waals surface area (Å²) in [6.07, 6.45) is 2.28. The molecule has 1 N–H and O–H groups in total.